The van der Waals surface area contributed by atoms with Crippen molar-refractivity contribution in [2.45, 2.75) is 68.6 Å². The number of hydrogen-bond acceptors (Lipinski definition) is 5. The summed E-state index contributed by atoms with van der Waals surface area (Å²) in [6.45, 7) is 0. The highest BCUT2D eigenvalue weighted by Gasteiger charge is 2.28. The van der Waals surface area contributed by atoms with Gasteiger partial charge in [-0.15, -0.1) is 5.10 Å². The van der Waals surface area contributed by atoms with E-state index in [1.165, 1.54) is 49.6 Å². The van der Waals surface area contributed by atoms with E-state index in [0.717, 1.165) is 31.2 Å². The van der Waals surface area contributed by atoms with Gasteiger partial charge < -0.3 is 5.32 Å². The van der Waals surface area contributed by atoms with Crippen molar-refractivity contribution in [2.75, 3.05) is 5.75 Å². The zero-order chi connectivity index (χ0) is 19.3. The lowest BCUT2D eigenvalue weighted by molar-refractivity contribution is -0.119. The third-order valence-electron chi connectivity index (χ3n) is 5.88. The smallest absolute Gasteiger partial charge is 0.230 e. The maximum atomic E-state index is 13.3. The lowest BCUT2D eigenvalue weighted by Crippen LogP contribution is -2.34. The molecule has 2 aliphatic carbocycles. The number of benzene rings is 1. The van der Waals surface area contributed by atoms with Gasteiger partial charge >= 0.3 is 0 Å². The summed E-state index contributed by atoms with van der Waals surface area (Å²) in [5, 5.41) is 15.9. The largest absolute Gasteiger partial charge is 0.348 e. The minimum absolute atomic E-state index is 0.0350. The van der Waals surface area contributed by atoms with E-state index >= 15 is 0 Å². The fourth-order valence-corrected chi connectivity index (χ4v) is 5.19. The van der Waals surface area contributed by atoms with Crippen LogP contribution >= 0.6 is 11.8 Å². The van der Waals surface area contributed by atoms with Gasteiger partial charge in [-0.3, -0.25) is 4.79 Å². The van der Waals surface area contributed by atoms with Crippen molar-refractivity contribution in [3.05, 3.63) is 35.6 Å². The number of nitrogens with zero attached hydrogens (tertiary/aromatic N) is 4. The number of tetrazole rings is 1. The van der Waals surface area contributed by atoms with Crippen LogP contribution in [0.25, 0.3) is 0 Å². The molecule has 0 bridgehead atoms. The zero-order valence-corrected chi connectivity index (χ0v) is 16.7. The number of carbonyl (C=O) groups is 1. The molecule has 0 aliphatic heterocycles. The number of hydrogen-bond donors (Lipinski definition) is 1. The highest BCUT2D eigenvalue weighted by Crippen LogP contribution is 2.36. The molecule has 1 unspecified atom stereocenters. The number of halogens is 1. The van der Waals surface area contributed by atoms with Gasteiger partial charge in [0.05, 0.1) is 17.8 Å². The first-order valence-electron chi connectivity index (χ1n) is 10.2. The van der Waals surface area contributed by atoms with Crippen LogP contribution in [0.3, 0.4) is 0 Å². The second kappa shape index (κ2) is 9.03. The average Bonchev–Trinajstić information content (AvgIpc) is 3.47. The number of carbonyl (C=O) groups excluding carboxylic acids is 1. The number of thioether (sulfide) groups is 1. The second-order valence-electron chi connectivity index (χ2n) is 7.77. The fraction of sp³-hybridized carbons (Fsp3) is 0.600. The Morgan fingerprint density at radius 2 is 1.82 bits per heavy atom. The molecule has 1 heterocycles. The molecule has 0 spiro atoms. The number of rotatable bonds is 7. The van der Waals surface area contributed by atoms with Crippen molar-refractivity contribution < 1.29 is 9.18 Å². The van der Waals surface area contributed by atoms with Crippen molar-refractivity contribution in [3.63, 3.8) is 0 Å². The van der Waals surface area contributed by atoms with E-state index in [9.17, 15) is 9.18 Å². The van der Waals surface area contributed by atoms with E-state index in [1.54, 1.807) is 12.1 Å². The summed E-state index contributed by atoms with van der Waals surface area (Å²) in [6.07, 6.45) is 9.15. The van der Waals surface area contributed by atoms with E-state index in [0.29, 0.717) is 17.1 Å². The first-order chi connectivity index (χ1) is 13.7. The minimum atomic E-state index is -0.255. The van der Waals surface area contributed by atoms with Gasteiger partial charge in [0.15, 0.2) is 0 Å². The Morgan fingerprint density at radius 3 is 2.54 bits per heavy atom. The Balaban J connectivity index is 1.39. The molecular formula is C20H26FN5OS. The molecule has 1 atom stereocenters. The second-order valence-corrected chi connectivity index (χ2v) is 8.72. The zero-order valence-electron chi connectivity index (χ0n) is 15.9. The van der Waals surface area contributed by atoms with Gasteiger partial charge in [-0.25, -0.2) is 9.07 Å². The lowest BCUT2D eigenvalue weighted by Gasteiger charge is -2.25. The molecule has 28 heavy (non-hydrogen) atoms. The van der Waals surface area contributed by atoms with E-state index in [2.05, 4.69) is 20.8 Å². The molecule has 2 aliphatic rings. The van der Waals surface area contributed by atoms with Gasteiger partial charge in [0.1, 0.15) is 5.82 Å². The summed E-state index contributed by atoms with van der Waals surface area (Å²) in [5.74, 6) is 0.391. The van der Waals surface area contributed by atoms with Crippen molar-refractivity contribution in [1.82, 2.24) is 25.5 Å². The number of amides is 1. The highest BCUT2D eigenvalue weighted by atomic mass is 32.2. The van der Waals surface area contributed by atoms with Crippen LogP contribution in [0.1, 0.15) is 69.0 Å². The summed E-state index contributed by atoms with van der Waals surface area (Å²) in [4.78, 5) is 12.7. The third kappa shape index (κ3) is 4.54. The van der Waals surface area contributed by atoms with E-state index in [4.69, 9.17) is 0 Å². The van der Waals surface area contributed by atoms with Crippen LogP contribution in [0.5, 0.6) is 0 Å². The summed E-state index contributed by atoms with van der Waals surface area (Å²) in [5.41, 5.74) is 0.974. The van der Waals surface area contributed by atoms with Gasteiger partial charge in [0.25, 0.3) is 0 Å². The van der Waals surface area contributed by atoms with Crippen LogP contribution in [0.4, 0.5) is 4.39 Å². The van der Waals surface area contributed by atoms with Crippen LogP contribution in [-0.2, 0) is 4.79 Å². The molecule has 150 valence electrons. The Labute approximate surface area is 168 Å². The van der Waals surface area contributed by atoms with Gasteiger partial charge in [-0.2, -0.15) is 0 Å². The number of aromatic nitrogens is 4. The summed E-state index contributed by atoms with van der Waals surface area (Å²) >= 11 is 1.39. The molecule has 2 fully saturated rings. The monoisotopic (exact) mass is 403 g/mol. The van der Waals surface area contributed by atoms with Crippen LogP contribution in [0.15, 0.2) is 29.4 Å². The standard InChI is InChI=1S/C20H26FN5OS/c21-16-11-9-15(10-12-16)19(14-5-1-2-6-14)22-18(27)13-28-20-23-24-25-26(20)17-7-3-4-8-17/h9-12,14,17,19H,1-8,13H2,(H,22,27). The summed E-state index contributed by atoms with van der Waals surface area (Å²) in [7, 11) is 0. The predicted octanol–water partition coefficient (Wildman–Crippen LogP) is 4.07. The van der Waals surface area contributed by atoms with Gasteiger partial charge in [0, 0.05) is 0 Å². The molecule has 1 aromatic carbocycles. The quantitative estimate of drug-likeness (QED) is 0.706. The molecule has 2 saturated carbocycles. The fourth-order valence-electron chi connectivity index (χ4n) is 4.44. The van der Waals surface area contributed by atoms with Crippen molar-refractivity contribution in [2.24, 2.45) is 5.92 Å². The molecule has 0 saturated heterocycles. The maximum absolute atomic E-state index is 13.3. The molecule has 1 N–H and O–H groups in total. The van der Waals surface area contributed by atoms with Gasteiger partial charge in [-0.05, 0) is 59.7 Å². The number of nitrogens with one attached hydrogen (secondary N) is 1. The van der Waals surface area contributed by atoms with Crippen molar-refractivity contribution in [1.29, 1.82) is 0 Å². The molecule has 4 rings (SSSR count). The molecule has 6 nitrogen and oxygen atoms in total. The third-order valence-corrected chi connectivity index (χ3v) is 6.82. The van der Waals surface area contributed by atoms with Crippen LogP contribution < -0.4 is 5.32 Å². The molecular weight excluding hydrogens is 377 g/mol. The van der Waals surface area contributed by atoms with Gasteiger partial charge in [0.2, 0.25) is 11.1 Å². The lowest BCUT2D eigenvalue weighted by atomic mass is 9.91. The van der Waals surface area contributed by atoms with Crippen LogP contribution in [-0.4, -0.2) is 31.9 Å². The minimum Gasteiger partial charge on any atom is -0.348 e. The summed E-state index contributed by atoms with van der Waals surface area (Å²) < 4.78 is 15.2. The Morgan fingerprint density at radius 1 is 1.14 bits per heavy atom. The SMILES string of the molecule is O=C(CSc1nnnn1C1CCCC1)NC(c1ccc(F)cc1)C1CCCC1. The van der Waals surface area contributed by atoms with Crippen LogP contribution in [0, 0.1) is 11.7 Å². The van der Waals surface area contributed by atoms with E-state index in [-0.39, 0.29) is 23.5 Å². The molecule has 1 aromatic heterocycles. The van der Waals surface area contributed by atoms with E-state index in [1.807, 2.05) is 4.68 Å². The highest BCUT2D eigenvalue weighted by molar-refractivity contribution is 7.99. The first kappa shape index (κ1) is 19.4. The van der Waals surface area contributed by atoms with E-state index < -0.39 is 0 Å². The van der Waals surface area contributed by atoms with Crippen LogP contribution in [0.2, 0.25) is 0 Å². The average molecular weight is 404 g/mol. The molecule has 2 aromatic rings. The summed E-state index contributed by atoms with van der Waals surface area (Å²) in [6, 6.07) is 6.79. The molecule has 8 heteroatoms. The normalized spacial score (nSPS) is 19.2. The Kier molecular flexibility index (Phi) is 6.24. The first-order valence-corrected chi connectivity index (χ1v) is 11.1. The maximum Gasteiger partial charge on any atom is 0.230 e. The van der Waals surface area contributed by atoms with Crippen molar-refractivity contribution >= 4 is 17.7 Å². The van der Waals surface area contributed by atoms with Crippen molar-refractivity contribution in [3.8, 4) is 0 Å². The predicted molar refractivity (Wildman–Crippen MR) is 105 cm³/mol. The molecule has 0 radical (unpaired) electrons. The molecule has 1 amide bonds. The van der Waals surface area contributed by atoms with Gasteiger partial charge in [-0.1, -0.05) is 49.6 Å². The Hall–Kier alpha value is -1.96. The topological polar surface area (TPSA) is 72.7 Å². The Bertz CT molecular complexity index is 784.